The Hall–Kier alpha value is -3.07. The van der Waals surface area contributed by atoms with Crippen LogP contribution in [0.15, 0.2) is 30.3 Å². The van der Waals surface area contributed by atoms with Gasteiger partial charge >= 0.3 is 5.97 Å². The summed E-state index contributed by atoms with van der Waals surface area (Å²) in [7, 11) is 0. The third-order valence-electron chi connectivity index (χ3n) is 3.77. The minimum Gasteiger partial charge on any atom is -0.462 e. The Bertz CT molecular complexity index is 979. The van der Waals surface area contributed by atoms with Crippen molar-refractivity contribution in [3.05, 3.63) is 46.3 Å². The van der Waals surface area contributed by atoms with Crippen LogP contribution in [0.4, 0.5) is 5.00 Å². The van der Waals surface area contributed by atoms with Crippen molar-refractivity contribution in [3.8, 4) is 11.4 Å². The van der Waals surface area contributed by atoms with Crippen molar-refractivity contribution in [2.24, 2.45) is 0 Å². The first kappa shape index (κ1) is 18.7. The number of hydrogen-bond acceptors (Lipinski definition) is 7. The molecule has 0 aliphatic heterocycles. The number of thiophene rings is 1. The van der Waals surface area contributed by atoms with Gasteiger partial charge in [0.15, 0.2) is 0 Å². The number of carbonyl (C=O) groups excluding carboxylic acids is 2. The molecule has 2 aromatic heterocycles. The number of ether oxygens (including phenoxy) is 1. The summed E-state index contributed by atoms with van der Waals surface area (Å²) in [5, 5.41) is 15.5. The van der Waals surface area contributed by atoms with E-state index in [1.54, 1.807) is 19.9 Å². The van der Waals surface area contributed by atoms with E-state index in [0.29, 0.717) is 22.3 Å². The topological polar surface area (TPSA) is 99.0 Å². The van der Waals surface area contributed by atoms with Gasteiger partial charge in [0.05, 0.1) is 11.6 Å². The highest BCUT2D eigenvalue weighted by Crippen LogP contribution is 2.27. The molecule has 0 atom stereocenters. The molecule has 27 heavy (non-hydrogen) atoms. The molecule has 2 heterocycles. The van der Waals surface area contributed by atoms with Crippen LogP contribution < -0.4 is 5.32 Å². The number of carbonyl (C=O) groups is 2. The highest BCUT2D eigenvalue weighted by molar-refractivity contribution is 7.18. The van der Waals surface area contributed by atoms with Gasteiger partial charge in [-0.25, -0.2) is 4.79 Å². The van der Waals surface area contributed by atoms with Gasteiger partial charge in [0.25, 0.3) is 0 Å². The lowest BCUT2D eigenvalue weighted by molar-refractivity contribution is -0.117. The van der Waals surface area contributed by atoms with Crippen molar-refractivity contribution < 1.29 is 14.3 Å². The van der Waals surface area contributed by atoms with E-state index in [-0.39, 0.29) is 18.4 Å². The van der Waals surface area contributed by atoms with Crippen LogP contribution in [0.25, 0.3) is 11.4 Å². The molecule has 140 valence electrons. The number of nitrogens with zero attached hydrogens (tertiary/aromatic N) is 4. The number of tetrazole rings is 1. The maximum atomic E-state index is 12.3. The first-order valence-electron chi connectivity index (χ1n) is 8.39. The van der Waals surface area contributed by atoms with Crippen LogP contribution in [0.2, 0.25) is 0 Å². The van der Waals surface area contributed by atoms with E-state index in [1.165, 1.54) is 16.1 Å². The van der Waals surface area contributed by atoms with Gasteiger partial charge in [-0.05, 0) is 43.2 Å². The van der Waals surface area contributed by atoms with E-state index in [2.05, 4.69) is 20.7 Å². The SMILES string of the molecule is CCOC(=O)c1sc(NC(=O)Cn2nnc(-c3ccccc3C)n2)cc1C. The fraction of sp³-hybridized carbons (Fsp3) is 0.278. The number of aryl methyl sites for hydroxylation is 2. The summed E-state index contributed by atoms with van der Waals surface area (Å²) in [6.45, 7) is 5.73. The number of aromatic nitrogens is 4. The Kier molecular flexibility index (Phi) is 5.60. The average Bonchev–Trinajstić information content (AvgIpc) is 3.22. The monoisotopic (exact) mass is 385 g/mol. The second-order valence-corrected chi connectivity index (χ2v) is 6.90. The molecular formula is C18H19N5O3S. The predicted molar refractivity (Wildman–Crippen MR) is 102 cm³/mol. The molecule has 0 spiro atoms. The van der Waals surface area contributed by atoms with Crippen molar-refractivity contribution in [3.63, 3.8) is 0 Å². The highest BCUT2D eigenvalue weighted by Gasteiger charge is 2.17. The number of esters is 1. The smallest absolute Gasteiger partial charge is 0.348 e. The molecule has 0 saturated heterocycles. The van der Waals surface area contributed by atoms with Gasteiger partial charge in [-0.2, -0.15) is 4.80 Å². The largest absolute Gasteiger partial charge is 0.462 e. The standard InChI is InChI=1S/C18H19N5O3S/c1-4-26-18(25)16-12(3)9-15(27-16)19-14(24)10-23-21-17(20-22-23)13-8-6-5-7-11(13)2/h5-9H,4,10H2,1-3H3,(H,19,24). The van der Waals surface area contributed by atoms with Gasteiger partial charge in [0.1, 0.15) is 11.4 Å². The second kappa shape index (κ2) is 8.09. The number of anilines is 1. The minimum absolute atomic E-state index is 0.0788. The van der Waals surface area contributed by atoms with Crippen molar-refractivity contribution >= 4 is 28.2 Å². The van der Waals surface area contributed by atoms with Gasteiger partial charge in [0, 0.05) is 5.56 Å². The van der Waals surface area contributed by atoms with E-state index >= 15 is 0 Å². The molecule has 1 amide bonds. The van der Waals surface area contributed by atoms with Gasteiger partial charge in [-0.3, -0.25) is 4.79 Å². The number of nitrogens with one attached hydrogen (secondary N) is 1. The first-order valence-corrected chi connectivity index (χ1v) is 9.20. The van der Waals surface area contributed by atoms with Crippen LogP contribution in [0.1, 0.15) is 27.7 Å². The Morgan fingerprint density at radius 1 is 1.22 bits per heavy atom. The molecule has 0 aliphatic carbocycles. The molecule has 8 nitrogen and oxygen atoms in total. The maximum Gasteiger partial charge on any atom is 0.348 e. The Balaban J connectivity index is 1.66. The molecule has 0 bridgehead atoms. The molecule has 0 radical (unpaired) electrons. The van der Waals surface area contributed by atoms with Crippen molar-refractivity contribution in [1.82, 2.24) is 20.2 Å². The van der Waals surface area contributed by atoms with E-state index in [0.717, 1.165) is 16.7 Å². The van der Waals surface area contributed by atoms with Gasteiger partial charge < -0.3 is 10.1 Å². The lowest BCUT2D eigenvalue weighted by Gasteiger charge is -2.01. The first-order chi connectivity index (χ1) is 13.0. The van der Waals surface area contributed by atoms with E-state index < -0.39 is 0 Å². The molecule has 3 aromatic rings. The second-order valence-electron chi connectivity index (χ2n) is 5.85. The van der Waals surface area contributed by atoms with Gasteiger partial charge in [0.2, 0.25) is 11.7 Å². The number of amides is 1. The third kappa shape index (κ3) is 4.37. The molecule has 1 N–H and O–H groups in total. The third-order valence-corrected chi connectivity index (χ3v) is 4.90. The summed E-state index contributed by atoms with van der Waals surface area (Å²) < 4.78 is 5.00. The average molecular weight is 385 g/mol. The van der Waals surface area contributed by atoms with Crippen molar-refractivity contribution in [1.29, 1.82) is 0 Å². The van der Waals surface area contributed by atoms with Crippen LogP contribution in [0.5, 0.6) is 0 Å². The summed E-state index contributed by atoms with van der Waals surface area (Å²) >= 11 is 1.18. The fourth-order valence-electron chi connectivity index (χ4n) is 2.49. The summed E-state index contributed by atoms with van der Waals surface area (Å²) in [6.07, 6.45) is 0. The number of hydrogen-bond donors (Lipinski definition) is 1. The van der Waals surface area contributed by atoms with Crippen LogP contribution in [-0.4, -0.2) is 38.7 Å². The Morgan fingerprint density at radius 2 is 2.00 bits per heavy atom. The zero-order valence-electron chi connectivity index (χ0n) is 15.2. The van der Waals surface area contributed by atoms with Crippen molar-refractivity contribution in [2.45, 2.75) is 27.3 Å². The Morgan fingerprint density at radius 3 is 2.74 bits per heavy atom. The quantitative estimate of drug-likeness (QED) is 0.655. The summed E-state index contributed by atoms with van der Waals surface area (Å²) in [5.41, 5.74) is 2.66. The van der Waals surface area contributed by atoms with E-state index in [4.69, 9.17) is 4.74 Å². The highest BCUT2D eigenvalue weighted by atomic mass is 32.1. The zero-order valence-corrected chi connectivity index (χ0v) is 16.0. The molecular weight excluding hydrogens is 366 g/mol. The fourth-order valence-corrected chi connectivity index (χ4v) is 3.47. The molecule has 1 aromatic carbocycles. The molecule has 9 heteroatoms. The van der Waals surface area contributed by atoms with Gasteiger partial charge in [-0.15, -0.1) is 21.5 Å². The van der Waals surface area contributed by atoms with Crippen LogP contribution >= 0.6 is 11.3 Å². The number of rotatable bonds is 6. The normalized spacial score (nSPS) is 10.6. The Labute approximate surface area is 160 Å². The van der Waals surface area contributed by atoms with E-state index in [1.807, 2.05) is 31.2 Å². The van der Waals surface area contributed by atoms with Crippen molar-refractivity contribution in [2.75, 3.05) is 11.9 Å². The van der Waals surface area contributed by atoms with Gasteiger partial charge in [-0.1, -0.05) is 24.3 Å². The zero-order chi connectivity index (χ0) is 19.4. The van der Waals surface area contributed by atoms with Crippen LogP contribution in [-0.2, 0) is 16.1 Å². The van der Waals surface area contributed by atoms with E-state index in [9.17, 15) is 9.59 Å². The number of benzene rings is 1. The predicted octanol–water partition coefficient (Wildman–Crippen LogP) is 2.83. The lowest BCUT2D eigenvalue weighted by Crippen LogP contribution is -2.20. The van der Waals surface area contributed by atoms with Crippen LogP contribution in [0, 0.1) is 13.8 Å². The summed E-state index contributed by atoms with van der Waals surface area (Å²) in [5.74, 6) is -0.223. The molecule has 0 fully saturated rings. The van der Waals surface area contributed by atoms with Crippen LogP contribution in [0.3, 0.4) is 0 Å². The molecule has 0 aliphatic rings. The minimum atomic E-state index is -0.388. The summed E-state index contributed by atoms with van der Waals surface area (Å²) in [6, 6.07) is 9.44. The molecule has 0 saturated carbocycles. The summed E-state index contributed by atoms with van der Waals surface area (Å²) in [4.78, 5) is 25.8. The molecule has 0 unspecified atom stereocenters. The maximum absolute atomic E-state index is 12.3. The molecule has 3 rings (SSSR count). The lowest BCUT2D eigenvalue weighted by atomic mass is 10.1.